The smallest absolute Gasteiger partial charge is 0.240 e. The molecule has 0 radical (unpaired) electrons. The van der Waals surface area contributed by atoms with Crippen molar-refractivity contribution in [2.24, 2.45) is 0 Å². The van der Waals surface area contributed by atoms with Crippen molar-refractivity contribution in [3.05, 3.63) is 137 Å². The van der Waals surface area contributed by atoms with Crippen molar-refractivity contribution in [2.75, 3.05) is 6.54 Å². The van der Waals surface area contributed by atoms with Gasteiger partial charge in [-0.25, -0.2) is 0 Å². The maximum absolute atomic E-state index is 12.0. The van der Waals surface area contributed by atoms with E-state index in [1.807, 2.05) is 66.7 Å². The number of rotatable bonds is 9. The molecule has 0 bridgehead atoms. The van der Waals surface area contributed by atoms with Crippen molar-refractivity contribution in [2.45, 2.75) is 12.3 Å². The SMILES string of the molecule is [BH3-][P+](c1ccccc1)(c1ccccc1)[C@H](C[N+](=O)[O-])c1ccccc1OCc1ccccc1. The molecular formula is C27H27BNO3P. The Hall–Kier alpha value is -3.43. The summed E-state index contributed by atoms with van der Waals surface area (Å²) in [5, 5.41) is 14.5. The van der Waals surface area contributed by atoms with Crippen LogP contribution in [0.2, 0.25) is 0 Å². The van der Waals surface area contributed by atoms with Crippen LogP contribution in [0.25, 0.3) is 0 Å². The van der Waals surface area contributed by atoms with Crippen LogP contribution in [0.15, 0.2) is 115 Å². The van der Waals surface area contributed by atoms with E-state index in [4.69, 9.17) is 4.74 Å². The van der Waals surface area contributed by atoms with E-state index >= 15 is 0 Å². The Balaban J connectivity index is 1.83. The van der Waals surface area contributed by atoms with Crippen molar-refractivity contribution >= 4 is 25.3 Å². The Kier molecular flexibility index (Phi) is 7.21. The highest BCUT2D eigenvalue weighted by atomic mass is 31.2. The molecule has 0 spiro atoms. The van der Waals surface area contributed by atoms with Crippen LogP contribution >= 0.6 is 7.14 Å². The van der Waals surface area contributed by atoms with E-state index in [0.717, 1.165) is 16.9 Å². The summed E-state index contributed by atoms with van der Waals surface area (Å²) in [6.07, 6.45) is 0. The first-order valence-electron chi connectivity index (χ1n) is 10.5. The predicted molar refractivity (Wildman–Crippen MR) is 141 cm³/mol. The minimum atomic E-state index is -1.95. The molecule has 0 saturated heterocycles. The number of hydrogen-bond donors (Lipinski definition) is 0. The standard InChI is InChI=1S/C27H27BNO3P/c28-33(23-14-6-2-7-15-23,24-16-8-3-9-17-24)27(20-29(30)31)25-18-10-11-19-26(25)32-21-22-12-4-1-5-13-22/h1-19,27H,20-21H2,28H3/t27-/m1/s1. The quantitative estimate of drug-likeness (QED) is 0.161. The maximum Gasteiger partial charge on any atom is 0.240 e. The summed E-state index contributed by atoms with van der Waals surface area (Å²) in [5.74, 6) is 0.740. The van der Waals surface area contributed by atoms with Crippen molar-refractivity contribution in [3.8, 4) is 5.75 Å². The van der Waals surface area contributed by atoms with Gasteiger partial charge in [0.05, 0.1) is 10.6 Å². The van der Waals surface area contributed by atoms with Gasteiger partial charge in [-0.05, 0) is 35.9 Å². The Morgan fingerprint density at radius 2 is 1.24 bits per heavy atom. The third kappa shape index (κ3) is 5.15. The Morgan fingerprint density at radius 1 is 0.758 bits per heavy atom. The second-order valence-electron chi connectivity index (χ2n) is 7.38. The molecular weight excluding hydrogens is 428 g/mol. The fourth-order valence-electron chi connectivity index (χ4n) is 3.77. The maximum atomic E-state index is 12.0. The molecule has 0 unspecified atom stereocenters. The van der Waals surface area contributed by atoms with Crippen LogP contribution in [-0.4, -0.2) is 19.0 Å². The van der Waals surface area contributed by atoms with Crippen molar-refractivity contribution in [1.82, 2.24) is 0 Å². The molecule has 1 atom stereocenters. The molecule has 0 aromatic heterocycles. The summed E-state index contributed by atoms with van der Waals surface area (Å²) in [7, 11) is -2.29. The lowest BCUT2D eigenvalue weighted by atomic mass is 10.1. The Labute approximate surface area is 196 Å². The topological polar surface area (TPSA) is 52.4 Å². The Morgan fingerprint density at radius 3 is 1.79 bits per heavy atom. The van der Waals surface area contributed by atoms with Gasteiger partial charge in [0, 0.05) is 10.5 Å². The number of hydrogen-bond acceptors (Lipinski definition) is 3. The van der Waals surface area contributed by atoms with E-state index in [1.54, 1.807) is 0 Å². The van der Waals surface area contributed by atoms with Crippen molar-refractivity contribution < 1.29 is 9.66 Å². The van der Waals surface area contributed by atoms with Crippen LogP contribution in [0, 0.1) is 10.1 Å². The zero-order chi connectivity index (χ0) is 23.1. The zero-order valence-corrected chi connectivity index (χ0v) is 18.5. The summed E-state index contributed by atoms with van der Waals surface area (Å²) in [6, 6.07) is 38.8. The largest absolute Gasteiger partial charge is 0.488 e. The number of nitrogens with zero attached hydrogens (tertiary/aromatic N) is 1. The van der Waals surface area contributed by atoms with Gasteiger partial charge in [0.15, 0.2) is 0 Å². The lowest BCUT2D eigenvalue weighted by Crippen LogP contribution is -2.31. The monoisotopic (exact) mass is 455 g/mol. The zero-order valence-electron chi connectivity index (χ0n) is 17.6. The predicted octanol–water partition coefficient (Wildman–Crippen LogP) is 4.53. The summed E-state index contributed by atoms with van der Waals surface area (Å²) in [5.41, 5.74) is 1.80. The van der Waals surface area contributed by atoms with Gasteiger partial charge in [-0.3, -0.25) is 10.1 Å². The van der Waals surface area contributed by atoms with Gasteiger partial charge in [0.1, 0.15) is 25.6 Å². The fourth-order valence-corrected chi connectivity index (χ4v) is 6.56. The highest BCUT2D eigenvalue weighted by molar-refractivity contribution is 8.08. The lowest BCUT2D eigenvalue weighted by Gasteiger charge is -2.36. The molecule has 0 aliphatic heterocycles. The van der Waals surface area contributed by atoms with Crippen LogP contribution in [0.5, 0.6) is 5.75 Å². The van der Waals surface area contributed by atoms with Crippen molar-refractivity contribution in [3.63, 3.8) is 0 Å². The molecule has 4 aromatic carbocycles. The highest BCUT2D eigenvalue weighted by Crippen LogP contribution is 2.64. The molecule has 0 heterocycles. The molecule has 166 valence electrons. The Bertz CT molecular complexity index is 1150. The van der Waals surface area contributed by atoms with Gasteiger partial charge in [-0.2, -0.15) is 0 Å². The van der Waals surface area contributed by atoms with Crippen LogP contribution in [-0.2, 0) is 6.61 Å². The third-order valence-electron chi connectivity index (χ3n) is 5.22. The minimum absolute atomic E-state index is 0.104. The summed E-state index contributed by atoms with van der Waals surface area (Å²) >= 11 is 0. The first-order chi connectivity index (χ1) is 16.1. The van der Waals surface area contributed by atoms with Gasteiger partial charge in [-0.15, -0.1) is 0 Å². The molecule has 6 heteroatoms. The van der Waals surface area contributed by atoms with E-state index in [2.05, 4.69) is 48.5 Å². The molecule has 4 rings (SSSR count). The third-order valence-corrected chi connectivity index (χ3v) is 7.99. The van der Waals surface area contributed by atoms with Gasteiger partial charge in [-0.1, -0.05) is 92.1 Å². The van der Waals surface area contributed by atoms with Gasteiger partial charge in [0.25, 0.3) is 0 Å². The molecule has 0 fully saturated rings. The highest BCUT2D eigenvalue weighted by Gasteiger charge is 2.44. The molecule has 0 aliphatic rings. The molecule has 0 aliphatic carbocycles. The van der Waals surface area contributed by atoms with Crippen LogP contribution in [0.4, 0.5) is 0 Å². The van der Waals surface area contributed by atoms with Gasteiger partial charge < -0.3 is 4.74 Å². The first kappa shape index (κ1) is 22.8. The van der Waals surface area contributed by atoms with Crippen LogP contribution < -0.4 is 15.3 Å². The average Bonchev–Trinajstić information content (AvgIpc) is 2.87. The average molecular weight is 455 g/mol. The summed E-state index contributed by atoms with van der Waals surface area (Å²) in [6.45, 7) is 0.328. The van der Waals surface area contributed by atoms with E-state index in [9.17, 15) is 10.1 Å². The molecule has 0 N–H and O–H groups in total. The van der Waals surface area contributed by atoms with E-state index in [0.29, 0.717) is 6.61 Å². The number of para-hydroxylation sites is 1. The van der Waals surface area contributed by atoms with E-state index in [1.165, 1.54) is 10.6 Å². The van der Waals surface area contributed by atoms with Gasteiger partial charge in [0.2, 0.25) is 6.54 Å². The van der Waals surface area contributed by atoms with E-state index < -0.39 is 7.14 Å². The lowest BCUT2D eigenvalue weighted by molar-refractivity contribution is -0.480. The van der Waals surface area contributed by atoms with Gasteiger partial charge >= 0.3 is 0 Å². The molecule has 4 aromatic rings. The second kappa shape index (κ2) is 10.5. The second-order valence-corrected chi connectivity index (χ2v) is 9.78. The minimum Gasteiger partial charge on any atom is -0.488 e. The van der Waals surface area contributed by atoms with Crippen LogP contribution in [0.1, 0.15) is 16.8 Å². The molecule has 4 nitrogen and oxygen atoms in total. The number of ether oxygens (including phenoxy) is 1. The van der Waals surface area contributed by atoms with E-state index in [-0.39, 0.29) is 24.7 Å². The normalized spacial score (nSPS) is 12.2. The molecule has 0 amide bonds. The summed E-state index contributed by atoms with van der Waals surface area (Å²) in [4.78, 5) is 11.8. The molecule has 0 saturated carbocycles. The number of benzene rings is 4. The van der Waals surface area contributed by atoms with Crippen LogP contribution in [0.3, 0.4) is 0 Å². The fraction of sp³-hybridized carbons (Fsp3) is 0.111. The molecule has 33 heavy (non-hydrogen) atoms. The van der Waals surface area contributed by atoms with Crippen molar-refractivity contribution in [1.29, 1.82) is 0 Å². The number of nitro groups is 1. The first-order valence-corrected chi connectivity index (χ1v) is 11.9. The summed E-state index contributed by atoms with van der Waals surface area (Å²) < 4.78 is 6.28.